The molecule has 0 amide bonds. The van der Waals surface area contributed by atoms with E-state index in [4.69, 9.17) is 24.2 Å². The van der Waals surface area contributed by atoms with Crippen molar-refractivity contribution in [2.24, 2.45) is 5.92 Å². The van der Waals surface area contributed by atoms with Crippen LogP contribution in [0.2, 0.25) is 0 Å². The average molecular weight is 725 g/mol. The van der Waals surface area contributed by atoms with Gasteiger partial charge in [-0.25, -0.2) is 37.6 Å². The van der Waals surface area contributed by atoms with Gasteiger partial charge in [-0.15, -0.1) is 0 Å². The van der Waals surface area contributed by atoms with Gasteiger partial charge in [-0.3, -0.25) is 0 Å². The highest BCUT2D eigenvalue weighted by Crippen LogP contribution is 2.45. The van der Waals surface area contributed by atoms with Gasteiger partial charge in [0.25, 0.3) is 10.0 Å². The highest BCUT2D eigenvalue weighted by atomic mass is 79.9. The zero-order chi connectivity index (χ0) is 32.5. The molecular weight excluding hydrogens is 694 g/mol. The normalized spacial score (nSPS) is 11.3. The highest BCUT2D eigenvalue weighted by molar-refractivity contribution is 9.10. The first kappa shape index (κ1) is 33.0. The van der Waals surface area contributed by atoms with E-state index in [1.54, 1.807) is 68.3 Å². The van der Waals surface area contributed by atoms with Crippen LogP contribution in [0.5, 0.6) is 17.6 Å². The molecule has 15 heteroatoms. The number of aromatic nitrogens is 6. The van der Waals surface area contributed by atoms with E-state index in [0.717, 1.165) is 4.47 Å². The number of methoxy groups -OCH3 is 1. The van der Waals surface area contributed by atoms with Crippen molar-refractivity contribution in [1.29, 1.82) is 0 Å². The lowest BCUT2D eigenvalue weighted by Gasteiger charge is -2.28. The predicted octanol–water partition coefficient (Wildman–Crippen LogP) is 5.96. The lowest BCUT2D eigenvalue weighted by Crippen LogP contribution is -2.35. The highest BCUT2D eigenvalue weighted by Gasteiger charge is 2.32. The van der Waals surface area contributed by atoms with Gasteiger partial charge in [-0.1, -0.05) is 55.9 Å². The number of hydrogen-bond donors (Lipinski definition) is 0. The molecular formula is C31H30BrN7O5S2. The Morgan fingerprint density at radius 3 is 2.22 bits per heavy atom. The molecule has 0 saturated heterocycles. The number of rotatable bonds is 14. The molecule has 0 bridgehead atoms. The van der Waals surface area contributed by atoms with Crippen LogP contribution in [0.1, 0.15) is 13.8 Å². The number of benzene rings is 2. The van der Waals surface area contributed by atoms with Crippen LogP contribution in [0.15, 0.2) is 105 Å². The molecule has 0 fully saturated rings. The first-order chi connectivity index (χ1) is 22.3. The van der Waals surface area contributed by atoms with Crippen molar-refractivity contribution in [1.82, 2.24) is 29.9 Å². The van der Waals surface area contributed by atoms with Crippen molar-refractivity contribution < 1.29 is 22.6 Å². The van der Waals surface area contributed by atoms with Gasteiger partial charge >= 0.3 is 6.01 Å². The molecule has 5 aromatic rings. The monoisotopic (exact) mass is 723 g/mol. The number of sulfonamides is 1. The molecule has 0 radical (unpaired) electrons. The molecule has 46 heavy (non-hydrogen) atoms. The minimum Gasteiger partial charge on any atom is -0.496 e. The lowest BCUT2D eigenvalue weighted by molar-refractivity contribution is 0.198. The predicted molar refractivity (Wildman–Crippen MR) is 177 cm³/mol. The third kappa shape index (κ3) is 8.08. The Morgan fingerprint density at radius 2 is 1.52 bits per heavy atom. The first-order valence-electron chi connectivity index (χ1n) is 14.1. The standard InChI is InChI=1S/C31H30BrN7O5S2/c1-21(2)20-39(46(40,41)23-10-5-4-6-11-23)29-26(45-25-13-8-7-12-24(25)42-3)30(38-28(37-29)27-33-14-9-15-34-27)43-16-17-44-31-35-18-22(32)19-36-31/h4-15,18-19,21H,16-17,20H2,1-3H3. The van der Waals surface area contributed by atoms with Crippen molar-refractivity contribution >= 4 is 43.5 Å². The Bertz CT molecular complexity index is 1850. The molecule has 5 rings (SSSR count). The van der Waals surface area contributed by atoms with Crippen LogP contribution in [0.3, 0.4) is 0 Å². The SMILES string of the molecule is COc1ccccc1Sc1c(OCCOc2ncc(Br)cn2)nc(-c2ncccn2)nc1N(CC(C)C)S(=O)(=O)c1ccccc1. The number of halogens is 1. The Morgan fingerprint density at radius 1 is 0.848 bits per heavy atom. The Hall–Kier alpha value is -4.34. The van der Waals surface area contributed by atoms with E-state index in [-0.39, 0.29) is 59.9 Å². The van der Waals surface area contributed by atoms with Gasteiger partial charge < -0.3 is 14.2 Å². The second-order valence-electron chi connectivity index (χ2n) is 9.95. The lowest BCUT2D eigenvalue weighted by atomic mass is 10.2. The number of hydrogen-bond acceptors (Lipinski definition) is 12. The summed E-state index contributed by atoms with van der Waals surface area (Å²) in [5, 5.41) is 0. The average Bonchev–Trinajstić information content (AvgIpc) is 3.08. The van der Waals surface area contributed by atoms with E-state index in [1.807, 2.05) is 38.1 Å². The molecule has 2 aromatic carbocycles. The van der Waals surface area contributed by atoms with E-state index >= 15 is 0 Å². The second kappa shape index (κ2) is 15.3. The third-order valence-corrected chi connectivity index (χ3v) is 9.41. The van der Waals surface area contributed by atoms with Gasteiger partial charge in [0.2, 0.25) is 11.7 Å². The molecule has 238 valence electrons. The van der Waals surface area contributed by atoms with Crippen LogP contribution < -0.4 is 18.5 Å². The summed E-state index contributed by atoms with van der Waals surface area (Å²) in [6.07, 6.45) is 6.26. The second-order valence-corrected chi connectivity index (χ2v) is 13.8. The van der Waals surface area contributed by atoms with Crippen molar-refractivity contribution in [2.45, 2.75) is 28.5 Å². The van der Waals surface area contributed by atoms with Crippen LogP contribution in [0, 0.1) is 5.92 Å². The fourth-order valence-electron chi connectivity index (χ4n) is 4.10. The molecule has 12 nitrogen and oxygen atoms in total. The topological polar surface area (TPSA) is 142 Å². The van der Waals surface area contributed by atoms with Crippen LogP contribution >= 0.6 is 27.7 Å². The van der Waals surface area contributed by atoms with Crippen LogP contribution in [0.4, 0.5) is 5.82 Å². The largest absolute Gasteiger partial charge is 0.496 e. The Kier molecular flexibility index (Phi) is 11.0. The molecule has 0 saturated carbocycles. The summed E-state index contributed by atoms with van der Waals surface area (Å²) in [6.45, 7) is 4.09. The van der Waals surface area contributed by atoms with Gasteiger partial charge in [0.05, 0.1) is 21.4 Å². The Balaban J connectivity index is 1.66. The summed E-state index contributed by atoms with van der Waals surface area (Å²) in [4.78, 5) is 27.5. The Labute approximate surface area is 279 Å². The van der Waals surface area contributed by atoms with E-state index in [9.17, 15) is 8.42 Å². The molecule has 0 N–H and O–H groups in total. The molecule has 0 aliphatic carbocycles. The fourth-order valence-corrected chi connectivity index (χ4v) is 7.03. The summed E-state index contributed by atoms with van der Waals surface area (Å²) in [5.41, 5.74) is 0. The van der Waals surface area contributed by atoms with Crippen molar-refractivity contribution in [3.05, 3.63) is 89.9 Å². The van der Waals surface area contributed by atoms with Gasteiger partial charge in [0, 0.05) is 31.3 Å². The van der Waals surface area contributed by atoms with E-state index in [0.29, 0.717) is 15.5 Å². The van der Waals surface area contributed by atoms with E-state index in [2.05, 4.69) is 35.9 Å². The summed E-state index contributed by atoms with van der Waals surface area (Å²) >= 11 is 4.53. The van der Waals surface area contributed by atoms with E-state index < -0.39 is 10.0 Å². The van der Waals surface area contributed by atoms with Gasteiger partial charge in [0.15, 0.2) is 11.6 Å². The van der Waals surface area contributed by atoms with Gasteiger partial charge in [0.1, 0.15) is 23.9 Å². The molecule has 3 aromatic heterocycles. The van der Waals surface area contributed by atoms with Gasteiger partial charge in [-0.2, -0.15) is 4.98 Å². The number of ether oxygens (including phenoxy) is 3. The van der Waals surface area contributed by atoms with Crippen molar-refractivity contribution in [3.8, 4) is 29.3 Å². The summed E-state index contributed by atoms with van der Waals surface area (Å²) in [6, 6.07) is 17.4. The maximum absolute atomic E-state index is 14.3. The number of anilines is 1. The minimum atomic E-state index is -4.10. The molecule has 0 unspecified atom stereocenters. The van der Waals surface area contributed by atoms with Crippen LogP contribution in [-0.2, 0) is 10.0 Å². The van der Waals surface area contributed by atoms with Crippen molar-refractivity contribution in [2.75, 3.05) is 31.2 Å². The maximum Gasteiger partial charge on any atom is 0.316 e. The minimum absolute atomic E-state index is 0.0278. The zero-order valence-electron chi connectivity index (χ0n) is 25.1. The third-order valence-electron chi connectivity index (χ3n) is 6.11. The molecule has 0 aliphatic heterocycles. The number of para-hydroxylation sites is 1. The van der Waals surface area contributed by atoms with Crippen LogP contribution in [-0.4, -0.2) is 65.2 Å². The van der Waals surface area contributed by atoms with Gasteiger partial charge in [-0.05, 0) is 52.2 Å². The summed E-state index contributed by atoms with van der Waals surface area (Å²) in [5.74, 6) is 1.01. The van der Waals surface area contributed by atoms with Crippen LogP contribution in [0.25, 0.3) is 11.6 Å². The molecule has 0 aliphatic rings. The molecule has 0 spiro atoms. The first-order valence-corrected chi connectivity index (χ1v) is 17.1. The number of nitrogens with zero attached hydrogens (tertiary/aromatic N) is 7. The van der Waals surface area contributed by atoms with Crippen molar-refractivity contribution in [3.63, 3.8) is 0 Å². The molecule has 0 atom stereocenters. The maximum atomic E-state index is 14.3. The summed E-state index contributed by atoms with van der Waals surface area (Å²) in [7, 11) is -2.54. The summed E-state index contributed by atoms with van der Waals surface area (Å²) < 4.78 is 48.2. The fraction of sp³-hybridized carbons (Fsp3) is 0.226. The zero-order valence-corrected chi connectivity index (χ0v) is 28.4. The smallest absolute Gasteiger partial charge is 0.316 e. The quantitative estimate of drug-likeness (QED) is 0.125. The molecule has 3 heterocycles. The van der Waals surface area contributed by atoms with E-state index in [1.165, 1.54) is 16.1 Å².